The first kappa shape index (κ1) is 14.5. The van der Waals surface area contributed by atoms with Crippen molar-refractivity contribution in [3.05, 3.63) is 23.3 Å². The summed E-state index contributed by atoms with van der Waals surface area (Å²) < 4.78 is 0. The molecule has 0 aliphatic rings. The van der Waals surface area contributed by atoms with Gasteiger partial charge in [0, 0.05) is 18.3 Å². The van der Waals surface area contributed by atoms with Crippen LogP contribution in [-0.2, 0) is 12.3 Å². The molecule has 0 aromatic carbocycles. The number of nitrogens with zero attached hydrogens (tertiary/aromatic N) is 2. The molecule has 0 radical (unpaired) electrons. The Morgan fingerprint density at radius 2 is 2.12 bits per heavy atom. The van der Waals surface area contributed by atoms with Gasteiger partial charge in [0.1, 0.15) is 5.82 Å². The second-order valence-electron chi connectivity index (χ2n) is 4.51. The Kier molecular flexibility index (Phi) is 6.52. The number of hydrogen-bond acceptors (Lipinski definition) is 4. The third kappa shape index (κ3) is 6.03. The van der Waals surface area contributed by atoms with Crippen LogP contribution in [-0.4, -0.2) is 21.8 Å². The minimum Gasteiger partial charge on any atom is -0.309 e. The van der Waals surface area contributed by atoms with Crippen molar-refractivity contribution in [2.24, 2.45) is 0 Å². The molecule has 0 saturated heterocycles. The molecular formula is C13H23N3S. The van der Waals surface area contributed by atoms with Crippen molar-refractivity contribution in [1.82, 2.24) is 15.3 Å². The topological polar surface area (TPSA) is 37.8 Å². The second kappa shape index (κ2) is 7.67. The van der Waals surface area contributed by atoms with Gasteiger partial charge in [-0.05, 0) is 25.2 Å². The Morgan fingerprint density at radius 3 is 2.76 bits per heavy atom. The van der Waals surface area contributed by atoms with Crippen molar-refractivity contribution < 1.29 is 0 Å². The highest BCUT2D eigenvalue weighted by atomic mass is 32.2. The van der Waals surface area contributed by atoms with Gasteiger partial charge in [-0.1, -0.05) is 20.8 Å². The van der Waals surface area contributed by atoms with Crippen LogP contribution in [0.5, 0.6) is 0 Å². The van der Waals surface area contributed by atoms with Crippen LogP contribution in [0.25, 0.3) is 0 Å². The Morgan fingerprint density at radius 1 is 1.35 bits per heavy atom. The lowest BCUT2D eigenvalue weighted by molar-refractivity contribution is 0.579. The van der Waals surface area contributed by atoms with Crippen molar-refractivity contribution >= 4 is 11.8 Å². The number of aromatic nitrogens is 2. The monoisotopic (exact) mass is 253 g/mol. The van der Waals surface area contributed by atoms with Crippen LogP contribution in [0, 0.1) is 6.92 Å². The van der Waals surface area contributed by atoms with Crippen molar-refractivity contribution in [2.75, 3.05) is 5.75 Å². The number of aryl methyl sites for hydroxylation is 1. The maximum absolute atomic E-state index is 4.58. The molecule has 1 N–H and O–H groups in total. The lowest BCUT2D eigenvalue weighted by atomic mass is 10.3. The SMILES string of the molecule is CCCSCc1nc(C)cc(CNC(C)C)n1. The Labute approximate surface area is 109 Å². The lowest BCUT2D eigenvalue weighted by Gasteiger charge is -2.09. The van der Waals surface area contributed by atoms with Gasteiger partial charge in [0.25, 0.3) is 0 Å². The number of nitrogens with one attached hydrogen (secondary N) is 1. The highest BCUT2D eigenvalue weighted by Gasteiger charge is 2.03. The van der Waals surface area contributed by atoms with E-state index in [2.05, 4.69) is 42.1 Å². The van der Waals surface area contributed by atoms with Crippen LogP contribution in [0.4, 0.5) is 0 Å². The molecule has 1 aromatic rings. The molecule has 0 spiro atoms. The zero-order valence-electron chi connectivity index (χ0n) is 11.3. The lowest BCUT2D eigenvalue weighted by Crippen LogP contribution is -2.22. The maximum atomic E-state index is 4.58. The first-order valence-electron chi connectivity index (χ1n) is 6.26. The third-order valence-corrected chi connectivity index (χ3v) is 3.38. The number of rotatable bonds is 7. The van der Waals surface area contributed by atoms with E-state index in [0.717, 1.165) is 29.5 Å². The molecule has 0 amide bonds. The van der Waals surface area contributed by atoms with Crippen molar-refractivity contribution in [2.45, 2.75) is 52.5 Å². The molecule has 0 bridgehead atoms. The Hall–Kier alpha value is -0.610. The number of hydrogen-bond donors (Lipinski definition) is 1. The normalized spacial score (nSPS) is 11.1. The van der Waals surface area contributed by atoms with E-state index < -0.39 is 0 Å². The molecule has 0 atom stereocenters. The smallest absolute Gasteiger partial charge is 0.138 e. The maximum Gasteiger partial charge on any atom is 0.138 e. The van der Waals surface area contributed by atoms with Crippen LogP contribution in [0.1, 0.15) is 44.4 Å². The van der Waals surface area contributed by atoms with Gasteiger partial charge in [-0.2, -0.15) is 11.8 Å². The van der Waals surface area contributed by atoms with E-state index in [0.29, 0.717) is 6.04 Å². The Bertz CT molecular complexity index is 339. The van der Waals surface area contributed by atoms with Gasteiger partial charge in [-0.15, -0.1) is 0 Å². The first-order valence-corrected chi connectivity index (χ1v) is 7.41. The van der Waals surface area contributed by atoms with E-state index in [-0.39, 0.29) is 0 Å². The van der Waals surface area contributed by atoms with Crippen molar-refractivity contribution in [3.63, 3.8) is 0 Å². The van der Waals surface area contributed by atoms with Gasteiger partial charge >= 0.3 is 0 Å². The van der Waals surface area contributed by atoms with E-state index in [1.54, 1.807) is 0 Å². The summed E-state index contributed by atoms with van der Waals surface area (Å²) in [5, 5.41) is 3.39. The largest absolute Gasteiger partial charge is 0.309 e. The Balaban J connectivity index is 2.59. The number of thioether (sulfide) groups is 1. The fourth-order valence-corrected chi connectivity index (χ4v) is 2.22. The fraction of sp³-hybridized carbons (Fsp3) is 0.692. The summed E-state index contributed by atoms with van der Waals surface area (Å²) >= 11 is 1.90. The van der Waals surface area contributed by atoms with Gasteiger partial charge in [-0.25, -0.2) is 9.97 Å². The zero-order valence-corrected chi connectivity index (χ0v) is 12.1. The van der Waals surface area contributed by atoms with Gasteiger partial charge in [0.05, 0.1) is 11.4 Å². The second-order valence-corrected chi connectivity index (χ2v) is 5.61. The van der Waals surface area contributed by atoms with Crippen molar-refractivity contribution in [1.29, 1.82) is 0 Å². The molecular weight excluding hydrogens is 230 g/mol. The molecule has 1 aromatic heterocycles. The predicted octanol–water partition coefficient (Wildman–Crippen LogP) is 2.93. The van der Waals surface area contributed by atoms with E-state index >= 15 is 0 Å². The molecule has 0 fully saturated rings. The third-order valence-electron chi connectivity index (χ3n) is 2.22. The molecule has 4 heteroatoms. The summed E-state index contributed by atoms with van der Waals surface area (Å²) in [5.74, 6) is 3.06. The first-order chi connectivity index (χ1) is 8.11. The summed E-state index contributed by atoms with van der Waals surface area (Å²) in [6.07, 6.45) is 1.21. The molecule has 1 heterocycles. The average molecular weight is 253 g/mol. The van der Waals surface area contributed by atoms with Crippen LogP contribution < -0.4 is 5.32 Å². The molecule has 0 aliphatic carbocycles. The molecule has 96 valence electrons. The molecule has 0 saturated carbocycles. The molecule has 17 heavy (non-hydrogen) atoms. The van der Waals surface area contributed by atoms with Crippen LogP contribution in [0.15, 0.2) is 6.07 Å². The minimum absolute atomic E-state index is 0.489. The summed E-state index contributed by atoms with van der Waals surface area (Å²) in [6.45, 7) is 9.35. The molecule has 3 nitrogen and oxygen atoms in total. The van der Waals surface area contributed by atoms with E-state index in [1.807, 2.05) is 18.7 Å². The van der Waals surface area contributed by atoms with E-state index in [4.69, 9.17) is 0 Å². The molecule has 1 rings (SSSR count). The van der Waals surface area contributed by atoms with Gasteiger partial charge in [-0.3, -0.25) is 0 Å². The van der Waals surface area contributed by atoms with E-state index in [1.165, 1.54) is 12.2 Å². The van der Waals surface area contributed by atoms with Gasteiger partial charge < -0.3 is 5.32 Å². The molecule has 0 unspecified atom stereocenters. The fourth-order valence-electron chi connectivity index (χ4n) is 1.47. The zero-order chi connectivity index (χ0) is 12.7. The summed E-state index contributed by atoms with van der Waals surface area (Å²) in [7, 11) is 0. The molecule has 0 aliphatic heterocycles. The van der Waals surface area contributed by atoms with Crippen LogP contribution >= 0.6 is 11.8 Å². The van der Waals surface area contributed by atoms with Gasteiger partial charge in [0.15, 0.2) is 0 Å². The van der Waals surface area contributed by atoms with Crippen molar-refractivity contribution in [3.8, 4) is 0 Å². The van der Waals surface area contributed by atoms with Crippen LogP contribution in [0.2, 0.25) is 0 Å². The standard InChI is InChI=1S/C13H23N3S/c1-5-6-17-9-13-15-11(4)7-12(16-13)8-14-10(2)3/h7,10,14H,5-6,8-9H2,1-4H3. The summed E-state index contributed by atoms with van der Waals surface area (Å²) in [5.41, 5.74) is 2.16. The summed E-state index contributed by atoms with van der Waals surface area (Å²) in [6, 6.07) is 2.55. The van der Waals surface area contributed by atoms with Gasteiger partial charge in [0.2, 0.25) is 0 Å². The summed E-state index contributed by atoms with van der Waals surface area (Å²) in [4.78, 5) is 9.06. The quantitative estimate of drug-likeness (QED) is 0.758. The highest BCUT2D eigenvalue weighted by Crippen LogP contribution is 2.11. The minimum atomic E-state index is 0.489. The predicted molar refractivity (Wildman–Crippen MR) is 75.2 cm³/mol. The van der Waals surface area contributed by atoms with E-state index in [9.17, 15) is 0 Å². The van der Waals surface area contributed by atoms with Crippen LogP contribution in [0.3, 0.4) is 0 Å². The highest BCUT2D eigenvalue weighted by molar-refractivity contribution is 7.98. The average Bonchev–Trinajstić information content (AvgIpc) is 2.26.